The normalized spacial score (nSPS) is 20.7. The Morgan fingerprint density at radius 2 is 1.95 bits per heavy atom. The molecule has 2 aliphatic heterocycles. The Morgan fingerprint density at radius 1 is 1.23 bits per heavy atom. The number of carbonyl (C=O) groups excluding carboxylic acids is 1. The minimum Gasteiger partial charge on any atom is -0.478 e. The van der Waals surface area contributed by atoms with Crippen LogP contribution in [0.3, 0.4) is 0 Å². The summed E-state index contributed by atoms with van der Waals surface area (Å²) in [7, 11) is 0. The predicted octanol–water partition coefficient (Wildman–Crippen LogP) is 5.77. The van der Waals surface area contributed by atoms with Gasteiger partial charge in [-0.15, -0.1) is 0 Å². The van der Waals surface area contributed by atoms with Crippen LogP contribution in [-0.2, 0) is 17.8 Å². The molecule has 1 unspecified atom stereocenters. The standard InChI is InChI=1S/C29H30ClFN4O4/c1-19(20(2)31)25-16-34(15-21-3-7-23(30)8-4-21)32-26(25)17-33-13-11-29(12-14-33)18-35(28(38)39-29)24-9-5-22(6-10-24)27(36)37/h3,5-10,16,21H,1-2,4,11-15,17-18H2,(H,36,37). The number of anilines is 1. The van der Waals surface area contributed by atoms with Gasteiger partial charge in [-0.2, -0.15) is 5.10 Å². The number of ether oxygens (including phenoxy) is 1. The molecular formula is C29H30ClFN4O4. The predicted molar refractivity (Wildman–Crippen MR) is 147 cm³/mol. The van der Waals surface area contributed by atoms with Crippen molar-refractivity contribution in [1.82, 2.24) is 14.7 Å². The quantitative estimate of drug-likeness (QED) is 0.418. The number of allylic oxidation sites excluding steroid dienone is 6. The second-order valence-electron chi connectivity index (χ2n) is 10.3. The van der Waals surface area contributed by atoms with Crippen LogP contribution >= 0.6 is 11.6 Å². The lowest BCUT2D eigenvalue weighted by atomic mass is 9.91. The van der Waals surface area contributed by atoms with E-state index in [1.54, 1.807) is 17.0 Å². The summed E-state index contributed by atoms with van der Waals surface area (Å²) in [5.41, 5.74) is 1.74. The van der Waals surface area contributed by atoms with E-state index < -0.39 is 23.5 Å². The number of benzene rings is 1. The maximum absolute atomic E-state index is 14.1. The third-order valence-corrected chi connectivity index (χ3v) is 7.87. The molecule has 1 aromatic heterocycles. The number of carboxylic acids is 1. The Labute approximate surface area is 231 Å². The first kappa shape index (κ1) is 26.9. The van der Waals surface area contributed by atoms with Gasteiger partial charge in [-0.25, -0.2) is 14.0 Å². The zero-order valence-corrected chi connectivity index (χ0v) is 22.2. The highest BCUT2D eigenvalue weighted by atomic mass is 35.5. The molecule has 1 aliphatic carbocycles. The largest absolute Gasteiger partial charge is 0.478 e. The van der Waals surface area contributed by atoms with Crippen LogP contribution in [-0.4, -0.2) is 57.1 Å². The molecule has 39 heavy (non-hydrogen) atoms. The first-order chi connectivity index (χ1) is 18.6. The minimum atomic E-state index is -1.02. The van der Waals surface area contributed by atoms with Gasteiger partial charge in [0.25, 0.3) is 0 Å². The lowest BCUT2D eigenvalue weighted by molar-refractivity contribution is -0.00130. The smallest absolute Gasteiger partial charge is 0.415 e. The molecule has 1 N–H and O–H groups in total. The second kappa shape index (κ2) is 10.8. The van der Waals surface area contributed by atoms with Gasteiger partial charge in [-0.05, 0) is 36.8 Å². The highest BCUT2D eigenvalue weighted by molar-refractivity contribution is 6.31. The number of aromatic nitrogens is 2. The Kier molecular flexibility index (Phi) is 7.46. The van der Waals surface area contributed by atoms with Crippen molar-refractivity contribution in [3.8, 4) is 0 Å². The number of aromatic carboxylic acids is 1. The topological polar surface area (TPSA) is 87.9 Å². The molecule has 1 spiro atoms. The summed E-state index contributed by atoms with van der Waals surface area (Å²) < 4.78 is 21.7. The van der Waals surface area contributed by atoms with Crippen molar-refractivity contribution in [3.05, 3.63) is 89.5 Å². The van der Waals surface area contributed by atoms with Crippen LogP contribution in [0.5, 0.6) is 0 Å². The van der Waals surface area contributed by atoms with Crippen molar-refractivity contribution < 1.29 is 23.8 Å². The van der Waals surface area contributed by atoms with E-state index in [9.17, 15) is 14.0 Å². The molecule has 0 saturated carbocycles. The van der Waals surface area contributed by atoms with Crippen molar-refractivity contribution in [2.45, 2.75) is 38.0 Å². The fraction of sp³-hybridized carbons (Fsp3) is 0.345. The molecule has 3 heterocycles. The summed E-state index contributed by atoms with van der Waals surface area (Å²) in [6, 6.07) is 6.20. The van der Waals surface area contributed by atoms with E-state index in [0.29, 0.717) is 56.8 Å². The monoisotopic (exact) mass is 552 g/mol. The fourth-order valence-electron chi connectivity index (χ4n) is 5.28. The van der Waals surface area contributed by atoms with Gasteiger partial charge in [-0.1, -0.05) is 36.9 Å². The van der Waals surface area contributed by atoms with Gasteiger partial charge in [0.15, 0.2) is 0 Å². The lowest BCUT2D eigenvalue weighted by Crippen LogP contribution is -2.46. The number of piperidine rings is 1. The van der Waals surface area contributed by atoms with Gasteiger partial charge in [0.1, 0.15) is 11.4 Å². The summed E-state index contributed by atoms with van der Waals surface area (Å²) in [5.74, 6) is -1.37. The summed E-state index contributed by atoms with van der Waals surface area (Å²) >= 11 is 6.04. The highest BCUT2D eigenvalue weighted by Crippen LogP contribution is 2.36. The Bertz CT molecular complexity index is 1370. The SMILES string of the molecule is C=C(F)C(=C)c1cn(CC2C=CC(Cl)=CC2)nc1CN1CCC2(CC1)CN(c1ccc(C(=O)O)cc1)C(=O)O2. The minimum absolute atomic E-state index is 0.159. The molecule has 5 rings (SSSR count). The van der Waals surface area contributed by atoms with Gasteiger partial charge in [0.2, 0.25) is 0 Å². The Hall–Kier alpha value is -3.69. The van der Waals surface area contributed by atoms with Gasteiger partial charge >= 0.3 is 12.1 Å². The van der Waals surface area contributed by atoms with E-state index in [-0.39, 0.29) is 17.1 Å². The van der Waals surface area contributed by atoms with Crippen LogP contribution in [0.4, 0.5) is 14.9 Å². The number of hydrogen-bond donors (Lipinski definition) is 1. The molecule has 1 amide bonds. The number of hydrogen-bond acceptors (Lipinski definition) is 5. The van der Waals surface area contributed by atoms with Gasteiger partial charge in [0.05, 0.1) is 17.8 Å². The number of nitrogens with zero attached hydrogens (tertiary/aromatic N) is 4. The van der Waals surface area contributed by atoms with Crippen LogP contribution in [0, 0.1) is 5.92 Å². The molecule has 0 radical (unpaired) electrons. The number of halogens is 2. The number of likely N-dealkylation sites (tertiary alicyclic amines) is 1. The third kappa shape index (κ3) is 5.84. The van der Waals surface area contributed by atoms with Crippen LogP contribution in [0.25, 0.3) is 5.57 Å². The van der Waals surface area contributed by atoms with Crippen LogP contribution in [0.2, 0.25) is 0 Å². The van der Waals surface area contributed by atoms with E-state index in [4.69, 9.17) is 26.5 Å². The molecule has 2 aromatic rings. The average molecular weight is 553 g/mol. The lowest BCUT2D eigenvalue weighted by Gasteiger charge is -2.37. The second-order valence-corrected chi connectivity index (χ2v) is 10.7. The maximum Gasteiger partial charge on any atom is 0.415 e. The van der Waals surface area contributed by atoms with E-state index in [1.165, 1.54) is 12.1 Å². The molecule has 2 saturated heterocycles. The van der Waals surface area contributed by atoms with Crippen molar-refractivity contribution in [2.75, 3.05) is 24.5 Å². The molecule has 204 valence electrons. The highest BCUT2D eigenvalue weighted by Gasteiger charge is 2.47. The molecule has 2 fully saturated rings. The van der Waals surface area contributed by atoms with Gasteiger partial charge in [-0.3, -0.25) is 14.5 Å². The molecule has 3 aliphatic rings. The zero-order valence-electron chi connectivity index (χ0n) is 21.5. The summed E-state index contributed by atoms with van der Waals surface area (Å²) in [4.78, 5) is 27.6. The van der Waals surface area contributed by atoms with E-state index in [2.05, 4.69) is 24.1 Å². The Morgan fingerprint density at radius 3 is 2.56 bits per heavy atom. The molecule has 10 heteroatoms. The van der Waals surface area contributed by atoms with E-state index in [1.807, 2.05) is 23.0 Å². The van der Waals surface area contributed by atoms with Crippen LogP contribution in [0.15, 0.2) is 72.7 Å². The number of amides is 1. The van der Waals surface area contributed by atoms with E-state index in [0.717, 1.165) is 17.1 Å². The van der Waals surface area contributed by atoms with Crippen LogP contribution in [0.1, 0.15) is 40.9 Å². The summed E-state index contributed by atoms with van der Waals surface area (Å²) in [5, 5.41) is 14.6. The number of carbonyl (C=O) groups is 2. The van der Waals surface area contributed by atoms with Crippen molar-refractivity contribution >= 4 is 34.9 Å². The van der Waals surface area contributed by atoms with Gasteiger partial charge in [0, 0.05) is 73.0 Å². The van der Waals surface area contributed by atoms with Crippen molar-refractivity contribution in [3.63, 3.8) is 0 Å². The molecule has 1 aromatic carbocycles. The van der Waals surface area contributed by atoms with Crippen molar-refractivity contribution in [2.24, 2.45) is 5.92 Å². The molecule has 1 atom stereocenters. The first-order valence-electron chi connectivity index (χ1n) is 12.8. The van der Waals surface area contributed by atoms with E-state index >= 15 is 0 Å². The molecule has 8 nitrogen and oxygen atoms in total. The maximum atomic E-state index is 14.1. The third-order valence-electron chi connectivity index (χ3n) is 7.59. The van der Waals surface area contributed by atoms with Gasteiger partial charge < -0.3 is 9.84 Å². The number of carboxylic acid groups (broad SMARTS) is 1. The first-order valence-corrected chi connectivity index (χ1v) is 13.2. The molecular weight excluding hydrogens is 523 g/mol. The summed E-state index contributed by atoms with van der Waals surface area (Å²) in [6.45, 7) is 10.2. The zero-order chi connectivity index (χ0) is 27.7. The average Bonchev–Trinajstić information content (AvgIpc) is 3.46. The number of rotatable bonds is 8. The van der Waals surface area contributed by atoms with Crippen molar-refractivity contribution in [1.29, 1.82) is 0 Å². The summed E-state index contributed by atoms with van der Waals surface area (Å²) in [6.07, 6.45) is 9.39. The Balaban J connectivity index is 1.24. The molecule has 0 bridgehead atoms. The fourth-order valence-corrected chi connectivity index (χ4v) is 5.44. The van der Waals surface area contributed by atoms with Crippen LogP contribution < -0.4 is 4.90 Å².